The predicted octanol–water partition coefficient (Wildman–Crippen LogP) is 1.50. The number of fused-ring (bicyclic) bond motifs is 2. The summed E-state index contributed by atoms with van der Waals surface area (Å²) in [5.41, 5.74) is 3.54. The van der Waals surface area contributed by atoms with Gasteiger partial charge >= 0.3 is 0 Å². The van der Waals surface area contributed by atoms with Gasteiger partial charge in [-0.25, -0.2) is 0 Å². The van der Waals surface area contributed by atoms with Crippen molar-refractivity contribution < 1.29 is 4.74 Å². The molecule has 2 aliphatic rings. The van der Waals surface area contributed by atoms with Gasteiger partial charge in [-0.15, -0.1) is 0 Å². The van der Waals surface area contributed by atoms with Crippen LogP contribution in [0.4, 0.5) is 0 Å². The number of aryl methyl sites for hydroxylation is 1. The standard InChI is InChI=1S/C12H16N2O/c1-9-2-3-10-11(14-9)8-15-12(10)4-6-13-7-5-12/h2-3,13H,4-8H2,1H3. The summed E-state index contributed by atoms with van der Waals surface area (Å²) in [4.78, 5) is 4.56. The van der Waals surface area contributed by atoms with Crippen LogP contribution in [0.1, 0.15) is 29.8 Å². The lowest BCUT2D eigenvalue weighted by Gasteiger charge is -2.33. The number of nitrogens with zero attached hydrogens (tertiary/aromatic N) is 1. The van der Waals surface area contributed by atoms with Crippen LogP contribution in [0.2, 0.25) is 0 Å². The molecule has 0 saturated carbocycles. The topological polar surface area (TPSA) is 34.1 Å². The highest BCUT2D eigenvalue weighted by molar-refractivity contribution is 5.32. The fraction of sp³-hybridized carbons (Fsp3) is 0.583. The molecule has 15 heavy (non-hydrogen) atoms. The summed E-state index contributed by atoms with van der Waals surface area (Å²) in [7, 11) is 0. The number of hydrogen-bond acceptors (Lipinski definition) is 3. The Kier molecular flexibility index (Phi) is 2.04. The minimum Gasteiger partial charge on any atom is -0.364 e. The first-order chi connectivity index (χ1) is 7.30. The van der Waals surface area contributed by atoms with Gasteiger partial charge in [0, 0.05) is 11.3 Å². The van der Waals surface area contributed by atoms with Gasteiger partial charge in [-0.05, 0) is 38.9 Å². The highest BCUT2D eigenvalue weighted by atomic mass is 16.5. The molecule has 3 nitrogen and oxygen atoms in total. The van der Waals surface area contributed by atoms with Crippen LogP contribution in [0.15, 0.2) is 12.1 Å². The Balaban J connectivity index is 2.03. The first-order valence-electron chi connectivity index (χ1n) is 5.62. The normalized spacial score (nSPS) is 23.0. The molecule has 80 valence electrons. The zero-order valence-electron chi connectivity index (χ0n) is 9.05. The molecule has 0 unspecified atom stereocenters. The summed E-state index contributed by atoms with van der Waals surface area (Å²) in [5, 5.41) is 3.38. The summed E-state index contributed by atoms with van der Waals surface area (Å²) in [6.07, 6.45) is 2.15. The highest BCUT2D eigenvalue weighted by Crippen LogP contribution is 2.41. The van der Waals surface area contributed by atoms with E-state index in [1.807, 2.05) is 6.92 Å². The van der Waals surface area contributed by atoms with Gasteiger partial charge in [-0.1, -0.05) is 6.07 Å². The third-order valence-corrected chi connectivity index (χ3v) is 3.50. The van der Waals surface area contributed by atoms with E-state index in [2.05, 4.69) is 22.4 Å². The average Bonchev–Trinajstić information content (AvgIpc) is 2.58. The molecule has 3 heterocycles. The van der Waals surface area contributed by atoms with E-state index in [0.29, 0.717) is 6.61 Å². The molecule has 0 atom stereocenters. The van der Waals surface area contributed by atoms with Crippen LogP contribution in [-0.2, 0) is 16.9 Å². The predicted molar refractivity (Wildman–Crippen MR) is 57.5 cm³/mol. The first-order valence-corrected chi connectivity index (χ1v) is 5.62. The fourth-order valence-electron chi connectivity index (χ4n) is 2.66. The van der Waals surface area contributed by atoms with Crippen LogP contribution in [0.3, 0.4) is 0 Å². The molecule has 1 aromatic rings. The SMILES string of the molecule is Cc1ccc2c(n1)COC21CCNCC1. The Morgan fingerprint density at radius 3 is 2.93 bits per heavy atom. The van der Waals surface area contributed by atoms with Crippen LogP contribution in [0.5, 0.6) is 0 Å². The molecular weight excluding hydrogens is 188 g/mol. The van der Waals surface area contributed by atoms with Gasteiger partial charge < -0.3 is 10.1 Å². The van der Waals surface area contributed by atoms with Gasteiger partial charge in [0.15, 0.2) is 0 Å². The zero-order valence-corrected chi connectivity index (χ0v) is 9.05. The smallest absolute Gasteiger partial charge is 0.0979 e. The molecule has 0 radical (unpaired) electrons. The Hall–Kier alpha value is -0.930. The molecule has 3 heteroatoms. The number of rotatable bonds is 0. The first kappa shape index (κ1) is 9.31. The van der Waals surface area contributed by atoms with E-state index >= 15 is 0 Å². The minimum atomic E-state index is -0.0265. The molecule has 1 fully saturated rings. The Labute approximate surface area is 89.9 Å². The van der Waals surface area contributed by atoms with E-state index in [0.717, 1.165) is 37.3 Å². The van der Waals surface area contributed by atoms with Gasteiger partial charge in [-0.3, -0.25) is 4.98 Å². The number of nitrogens with one attached hydrogen (secondary N) is 1. The van der Waals surface area contributed by atoms with Crippen molar-refractivity contribution in [2.24, 2.45) is 0 Å². The lowest BCUT2D eigenvalue weighted by molar-refractivity contribution is -0.0593. The maximum atomic E-state index is 6.00. The Bertz CT molecular complexity index is 383. The quantitative estimate of drug-likeness (QED) is 0.695. The molecular formula is C12H16N2O. The Morgan fingerprint density at radius 2 is 2.13 bits per heavy atom. The number of pyridine rings is 1. The second kappa shape index (κ2) is 3.29. The van der Waals surface area contributed by atoms with Crippen molar-refractivity contribution in [1.82, 2.24) is 10.3 Å². The van der Waals surface area contributed by atoms with Gasteiger partial charge in [0.1, 0.15) is 0 Å². The summed E-state index contributed by atoms with van der Waals surface area (Å²) < 4.78 is 6.00. The second-order valence-electron chi connectivity index (χ2n) is 4.48. The highest BCUT2D eigenvalue weighted by Gasteiger charge is 2.41. The number of piperidine rings is 1. The van der Waals surface area contributed by atoms with E-state index in [1.54, 1.807) is 0 Å². The van der Waals surface area contributed by atoms with Crippen LogP contribution >= 0.6 is 0 Å². The molecule has 2 aliphatic heterocycles. The van der Waals surface area contributed by atoms with Crippen LogP contribution < -0.4 is 5.32 Å². The molecule has 1 spiro atoms. The molecule has 0 bridgehead atoms. The summed E-state index contributed by atoms with van der Waals surface area (Å²) in [5.74, 6) is 0. The molecule has 1 aromatic heterocycles. The van der Waals surface area contributed by atoms with Crippen molar-refractivity contribution in [3.05, 3.63) is 29.1 Å². The summed E-state index contributed by atoms with van der Waals surface area (Å²) >= 11 is 0. The zero-order chi connectivity index (χ0) is 10.3. The van der Waals surface area contributed by atoms with Crippen molar-refractivity contribution in [2.45, 2.75) is 32.0 Å². The third kappa shape index (κ3) is 1.38. The maximum absolute atomic E-state index is 6.00. The van der Waals surface area contributed by atoms with Crippen molar-refractivity contribution in [3.63, 3.8) is 0 Å². The van der Waals surface area contributed by atoms with Crippen LogP contribution in [0.25, 0.3) is 0 Å². The van der Waals surface area contributed by atoms with E-state index < -0.39 is 0 Å². The molecule has 0 aromatic carbocycles. The van der Waals surface area contributed by atoms with Gasteiger partial charge in [0.05, 0.1) is 17.9 Å². The molecule has 0 amide bonds. The molecule has 0 aliphatic carbocycles. The number of aromatic nitrogens is 1. The fourth-order valence-corrected chi connectivity index (χ4v) is 2.66. The number of hydrogen-bond donors (Lipinski definition) is 1. The van der Waals surface area contributed by atoms with Crippen molar-refractivity contribution in [1.29, 1.82) is 0 Å². The van der Waals surface area contributed by atoms with Gasteiger partial charge in [0.2, 0.25) is 0 Å². The van der Waals surface area contributed by atoms with E-state index in [-0.39, 0.29) is 5.60 Å². The maximum Gasteiger partial charge on any atom is 0.0979 e. The second-order valence-corrected chi connectivity index (χ2v) is 4.48. The Morgan fingerprint density at radius 1 is 1.33 bits per heavy atom. The summed E-state index contributed by atoms with van der Waals surface area (Å²) in [6, 6.07) is 4.30. The van der Waals surface area contributed by atoms with Gasteiger partial charge in [0.25, 0.3) is 0 Å². The monoisotopic (exact) mass is 204 g/mol. The number of ether oxygens (including phenoxy) is 1. The molecule has 1 saturated heterocycles. The van der Waals surface area contributed by atoms with Crippen LogP contribution in [-0.4, -0.2) is 18.1 Å². The molecule has 3 rings (SSSR count). The van der Waals surface area contributed by atoms with E-state index in [1.165, 1.54) is 5.56 Å². The average molecular weight is 204 g/mol. The van der Waals surface area contributed by atoms with Crippen molar-refractivity contribution >= 4 is 0 Å². The third-order valence-electron chi connectivity index (χ3n) is 3.50. The largest absolute Gasteiger partial charge is 0.364 e. The van der Waals surface area contributed by atoms with Crippen molar-refractivity contribution in [2.75, 3.05) is 13.1 Å². The lowest BCUT2D eigenvalue weighted by atomic mass is 9.85. The van der Waals surface area contributed by atoms with Gasteiger partial charge in [-0.2, -0.15) is 0 Å². The van der Waals surface area contributed by atoms with Crippen LogP contribution in [0, 0.1) is 6.92 Å². The van der Waals surface area contributed by atoms with E-state index in [4.69, 9.17) is 4.74 Å². The lowest BCUT2D eigenvalue weighted by Crippen LogP contribution is -2.39. The van der Waals surface area contributed by atoms with Crippen molar-refractivity contribution in [3.8, 4) is 0 Å². The molecule has 1 N–H and O–H groups in total. The van der Waals surface area contributed by atoms with E-state index in [9.17, 15) is 0 Å². The summed E-state index contributed by atoms with van der Waals surface area (Å²) in [6.45, 7) is 4.82. The minimum absolute atomic E-state index is 0.0265.